The molecule has 1 N–H and O–H groups in total. The minimum atomic E-state index is -0.460. The van der Waals surface area contributed by atoms with E-state index in [-0.39, 0.29) is 5.57 Å². The number of hydrogen-bond acceptors (Lipinski definition) is 2. The number of aromatic nitrogens is 1. The summed E-state index contributed by atoms with van der Waals surface area (Å²) in [7, 11) is 0. The Hall–Kier alpha value is -3.29. The van der Waals surface area contributed by atoms with Crippen LogP contribution in [0.2, 0.25) is 5.02 Å². The fraction of sp³-hybridized carbons (Fsp3) is 0.167. The number of amides is 1. The molecule has 0 unspecified atom stereocenters. The van der Waals surface area contributed by atoms with Crippen molar-refractivity contribution in [3.05, 3.63) is 87.2 Å². The SMILES string of the molecule is Cc1ccc(-n2c(C)cc(/C=C(/C#N)C(=O)Nc3cc(Cl)ccc3C)c2C)cc1. The van der Waals surface area contributed by atoms with Gasteiger partial charge in [-0.1, -0.05) is 35.4 Å². The number of carbonyl (C=O) groups excluding carboxylic acids is 1. The minimum Gasteiger partial charge on any atom is -0.321 e. The molecule has 0 radical (unpaired) electrons. The van der Waals surface area contributed by atoms with Crippen LogP contribution in [0, 0.1) is 39.0 Å². The summed E-state index contributed by atoms with van der Waals surface area (Å²) in [6.45, 7) is 7.90. The van der Waals surface area contributed by atoms with E-state index >= 15 is 0 Å². The lowest BCUT2D eigenvalue weighted by Gasteiger charge is -2.10. The number of nitrogens with one attached hydrogen (secondary N) is 1. The van der Waals surface area contributed by atoms with Crippen LogP contribution in [-0.2, 0) is 4.79 Å². The van der Waals surface area contributed by atoms with Gasteiger partial charge in [0.2, 0.25) is 0 Å². The number of anilines is 1. The second-order valence-electron chi connectivity index (χ2n) is 7.08. The van der Waals surface area contributed by atoms with Gasteiger partial charge in [0.05, 0.1) is 0 Å². The highest BCUT2D eigenvalue weighted by atomic mass is 35.5. The Balaban J connectivity index is 1.94. The highest BCUT2D eigenvalue weighted by Crippen LogP contribution is 2.24. The van der Waals surface area contributed by atoms with Crippen LogP contribution < -0.4 is 5.32 Å². The average molecular weight is 404 g/mol. The predicted molar refractivity (Wildman–Crippen MR) is 118 cm³/mol. The largest absolute Gasteiger partial charge is 0.321 e. The van der Waals surface area contributed by atoms with Crippen molar-refractivity contribution >= 4 is 29.3 Å². The first-order valence-electron chi connectivity index (χ1n) is 9.25. The fourth-order valence-corrected chi connectivity index (χ4v) is 3.42. The van der Waals surface area contributed by atoms with Crippen LogP contribution in [0.5, 0.6) is 0 Å². The third kappa shape index (κ3) is 4.42. The van der Waals surface area contributed by atoms with Crippen LogP contribution >= 0.6 is 11.6 Å². The molecule has 1 aromatic heterocycles. The van der Waals surface area contributed by atoms with Crippen molar-refractivity contribution < 1.29 is 4.79 Å². The maximum absolute atomic E-state index is 12.7. The number of benzene rings is 2. The number of hydrogen-bond donors (Lipinski definition) is 1. The number of nitriles is 1. The fourth-order valence-electron chi connectivity index (χ4n) is 3.25. The summed E-state index contributed by atoms with van der Waals surface area (Å²) in [4.78, 5) is 12.7. The molecule has 1 amide bonds. The first kappa shape index (κ1) is 20.4. The zero-order chi connectivity index (χ0) is 21.1. The maximum Gasteiger partial charge on any atom is 0.266 e. The highest BCUT2D eigenvalue weighted by molar-refractivity contribution is 6.31. The molecule has 0 saturated carbocycles. The summed E-state index contributed by atoms with van der Waals surface area (Å²) >= 11 is 6.02. The predicted octanol–water partition coefficient (Wildman–Crippen LogP) is 5.91. The number of rotatable bonds is 4. The molecule has 3 aromatic rings. The molecule has 2 aromatic carbocycles. The third-order valence-electron chi connectivity index (χ3n) is 4.88. The maximum atomic E-state index is 12.7. The Kier molecular flexibility index (Phi) is 5.91. The van der Waals surface area contributed by atoms with Gasteiger partial charge in [0.25, 0.3) is 5.91 Å². The van der Waals surface area contributed by atoms with Gasteiger partial charge in [-0.2, -0.15) is 5.26 Å². The zero-order valence-corrected chi connectivity index (χ0v) is 17.6. The van der Waals surface area contributed by atoms with Gasteiger partial charge >= 0.3 is 0 Å². The Morgan fingerprint density at radius 1 is 1.07 bits per heavy atom. The standard InChI is InChI=1S/C24H22ClN3O/c1-15-5-9-22(10-6-15)28-17(3)11-19(18(28)4)12-20(14-26)24(29)27-23-13-21(25)8-7-16(23)2/h5-13H,1-4H3,(H,27,29)/b20-12-. The Bertz CT molecular complexity index is 1150. The first-order chi connectivity index (χ1) is 13.8. The summed E-state index contributed by atoms with van der Waals surface area (Å²) < 4.78 is 2.11. The number of aryl methyl sites for hydroxylation is 3. The van der Waals surface area contributed by atoms with E-state index in [1.165, 1.54) is 5.56 Å². The summed E-state index contributed by atoms with van der Waals surface area (Å²) in [5.74, 6) is -0.460. The normalized spacial score (nSPS) is 11.2. The van der Waals surface area contributed by atoms with E-state index in [0.717, 1.165) is 28.2 Å². The van der Waals surface area contributed by atoms with Crippen molar-refractivity contribution in [2.75, 3.05) is 5.32 Å². The van der Waals surface area contributed by atoms with Crippen LogP contribution in [0.4, 0.5) is 5.69 Å². The van der Waals surface area contributed by atoms with Gasteiger partial charge in [-0.15, -0.1) is 0 Å². The Morgan fingerprint density at radius 2 is 1.76 bits per heavy atom. The quantitative estimate of drug-likeness (QED) is 0.434. The Morgan fingerprint density at radius 3 is 2.41 bits per heavy atom. The second-order valence-corrected chi connectivity index (χ2v) is 7.52. The molecule has 0 spiro atoms. The van der Waals surface area contributed by atoms with Crippen molar-refractivity contribution in [1.29, 1.82) is 5.26 Å². The number of carbonyl (C=O) groups is 1. The number of halogens is 1. The molecule has 0 aliphatic carbocycles. The van der Waals surface area contributed by atoms with Crippen LogP contribution in [0.25, 0.3) is 11.8 Å². The van der Waals surface area contributed by atoms with Crippen LogP contribution in [-0.4, -0.2) is 10.5 Å². The van der Waals surface area contributed by atoms with Gasteiger partial charge < -0.3 is 9.88 Å². The monoisotopic (exact) mass is 403 g/mol. The molecule has 146 valence electrons. The molecule has 0 aliphatic rings. The van der Waals surface area contributed by atoms with Crippen molar-refractivity contribution in [2.24, 2.45) is 0 Å². The van der Waals surface area contributed by atoms with E-state index in [1.54, 1.807) is 18.2 Å². The molecule has 4 nitrogen and oxygen atoms in total. The van der Waals surface area contributed by atoms with E-state index < -0.39 is 5.91 Å². The van der Waals surface area contributed by atoms with E-state index in [1.807, 2.05) is 45.9 Å². The number of nitrogens with zero attached hydrogens (tertiary/aromatic N) is 2. The van der Waals surface area contributed by atoms with E-state index in [9.17, 15) is 10.1 Å². The van der Waals surface area contributed by atoms with Gasteiger partial charge in [0.15, 0.2) is 0 Å². The van der Waals surface area contributed by atoms with Crippen molar-refractivity contribution in [3.8, 4) is 11.8 Å². The van der Waals surface area contributed by atoms with Gasteiger partial charge in [-0.3, -0.25) is 4.79 Å². The molecule has 0 fully saturated rings. The van der Waals surface area contributed by atoms with Crippen LogP contribution in [0.15, 0.2) is 54.1 Å². The smallest absolute Gasteiger partial charge is 0.266 e. The summed E-state index contributed by atoms with van der Waals surface area (Å²) in [5, 5.41) is 12.9. The lowest BCUT2D eigenvalue weighted by atomic mass is 10.1. The molecule has 0 bridgehead atoms. The summed E-state index contributed by atoms with van der Waals surface area (Å²) in [6, 6.07) is 17.5. The van der Waals surface area contributed by atoms with Gasteiger partial charge in [-0.25, -0.2) is 0 Å². The van der Waals surface area contributed by atoms with E-state index in [0.29, 0.717) is 10.7 Å². The zero-order valence-electron chi connectivity index (χ0n) is 16.9. The van der Waals surface area contributed by atoms with Crippen LogP contribution in [0.3, 0.4) is 0 Å². The topological polar surface area (TPSA) is 57.8 Å². The Labute approximate surface area is 176 Å². The van der Waals surface area contributed by atoms with E-state index in [4.69, 9.17) is 11.6 Å². The summed E-state index contributed by atoms with van der Waals surface area (Å²) in [5.41, 5.74) is 6.56. The lowest BCUT2D eigenvalue weighted by Crippen LogP contribution is -2.14. The van der Waals surface area contributed by atoms with Crippen molar-refractivity contribution in [2.45, 2.75) is 27.7 Å². The summed E-state index contributed by atoms with van der Waals surface area (Å²) in [6.07, 6.45) is 1.63. The second kappa shape index (κ2) is 8.38. The first-order valence-corrected chi connectivity index (χ1v) is 9.63. The van der Waals surface area contributed by atoms with Gasteiger partial charge in [-0.05, 0) is 75.2 Å². The molecule has 5 heteroatoms. The third-order valence-corrected chi connectivity index (χ3v) is 5.11. The van der Waals surface area contributed by atoms with Crippen molar-refractivity contribution in [1.82, 2.24) is 4.57 Å². The molecular formula is C24H22ClN3O. The van der Waals surface area contributed by atoms with Crippen molar-refractivity contribution in [3.63, 3.8) is 0 Å². The molecule has 0 saturated heterocycles. The lowest BCUT2D eigenvalue weighted by molar-refractivity contribution is -0.112. The molecule has 29 heavy (non-hydrogen) atoms. The molecule has 0 aliphatic heterocycles. The molecule has 3 rings (SSSR count). The molecule has 1 heterocycles. The average Bonchev–Trinajstić information content (AvgIpc) is 2.96. The van der Waals surface area contributed by atoms with E-state index in [2.05, 4.69) is 34.1 Å². The van der Waals surface area contributed by atoms with Gasteiger partial charge in [0, 0.05) is 27.8 Å². The molecule has 0 atom stereocenters. The minimum absolute atomic E-state index is 0.0357. The van der Waals surface area contributed by atoms with Crippen LogP contribution in [0.1, 0.15) is 28.1 Å². The highest BCUT2D eigenvalue weighted by Gasteiger charge is 2.15. The van der Waals surface area contributed by atoms with Gasteiger partial charge in [0.1, 0.15) is 11.6 Å². The molecular weight excluding hydrogens is 382 g/mol.